The van der Waals surface area contributed by atoms with Gasteiger partial charge in [0.05, 0.1) is 5.75 Å². The first-order valence-corrected chi connectivity index (χ1v) is 10.1. The summed E-state index contributed by atoms with van der Waals surface area (Å²) in [5.74, 6) is 0.646. The summed E-state index contributed by atoms with van der Waals surface area (Å²) in [6.45, 7) is 4.55. The first kappa shape index (κ1) is 17.7. The maximum absolute atomic E-state index is 12.7. The summed E-state index contributed by atoms with van der Waals surface area (Å²) in [4.78, 5) is 14.6. The van der Waals surface area contributed by atoms with Crippen LogP contribution in [0.4, 0.5) is 0 Å². The van der Waals surface area contributed by atoms with Crippen molar-refractivity contribution in [1.82, 2.24) is 9.21 Å². The molecular formula is C15H29N3O3S. The van der Waals surface area contributed by atoms with E-state index in [0.717, 1.165) is 25.7 Å². The average molecular weight is 331 g/mol. The zero-order chi connectivity index (χ0) is 16.2. The van der Waals surface area contributed by atoms with E-state index in [-0.39, 0.29) is 11.7 Å². The van der Waals surface area contributed by atoms with Crippen LogP contribution in [0.5, 0.6) is 0 Å². The molecule has 1 atom stereocenters. The van der Waals surface area contributed by atoms with Crippen molar-refractivity contribution in [2.24, 2.45) is 11.7 Å². The van der Waals surface area contributed by atoms with Gasteiger partial charge in [0.1, 0.15) is 6.04 Å². The van der Waals surface area contributed by atoms with Gasteiger partial charge in [-0.25, -0.2) is 8.42 Å². The van der Waals surface area contributed by atoms with Crippen molar-refractivity contribution in [1.29, 1.82) is 0 Å². The van der Waals surface area contributed by atoms with Crippen LogP contribution in [0.3, 0.4) is 0 Å². The summed E-state index contributed by atoms with van der Waals surface area (Å²) in [5, 5.41) is 0. The molecule has 0 aromatic carbocycles. The molecule has 0 spiro atoms. The number of nitrogens with two attached hydrogens (primary N) is 1. The van der Waals surface area contributed by atoms with E-state index in [4.69, 9.17) is 5.73 Å². The van der Waals surface area contributed by atoms with Crippen LogP contribution < -0.4 is 5.73 Å². The zero-order valence-corrected chi connectivity index (χ0v) is 14.4. The number of amides is 1. The quantitative estimate of drug-likeness (QED) is 0.779. The second-order valence-corrected chi connectivity index (χ2v) is 8.48. The van der Waals surface area contributed by atoms with Gasteiger partial charge in [-0.05, 0) is 44.6 Å². The highest BCUT2D eigenvalue weighted by atomic mass is 32.2. The van der Waals surface area contributed by atoms with E-state index in [9.17, 15) is 13.2 Å². The maximum atomic E-state index is 12.7. The highest BCUT2D eigenvalue weighted by molar-refractivity contribution is 7.89. The van der Waals surface area contributed by atoms with Crippen LogP contribution in [0, 0.1) is 5.92 Å². The molecular weight excluding hydrogens is 302 g/mol. The SMILES string of the molecule is CCCCS(=O)(=O)N1CCCC1C(=O)N1CCC(CN)CC1. The van der Waals surface area contributed by atoms with Crippen LogP contribution in [0.15, 0.2) is 0 Å². The Hall–Kier alpha value is -0.660. The third-order valence-corrected chi connectivity index (χ3v) is 6.82. The van der Waals surface area contributed by atoms with Crippen LogP contribution >= 0.6 is 0 Å². The minimum Gasteiger partial charge on any atom is -0.341 e. The molecule has 1 amide bonds. The number of likely N-dealkylation sites (tertiary alicyclic amines) is 1. The first-order chi connectivity index (χ1) is 10.5. The van der Waals surface area contributed by atoms with Crippen LogP contribution in [0.2, 0.25) is 0 Å². The molecule has 1 unspecified atom stereocenters. The Morgan fingerprint density at radius 3 is 2.45 bits per heavy atom. The highest BCUT2D eigenvalue weighted by Crippen LogP contribution is 2.26. The van der Waals surface area contributed by atoms with Crippen molar-refractivity contribution in [3.05, 3.63) is 0 Å². The summed E-state index contributed by atoms with van der Waals surface area (Å²) >= 11 is 0. The number of nitrogens with zero attached hydrogens (tertiary/aromatic N) is 2. The Morgan fingerprint density at radius 1 is 1.18 bits per heavy atom. The van der Waals surface area contributed by atoms with Gasteiger partial charge in [-0.2, -0.15) is 4.31 Å². The van der Waals surface area contributed by atoms with Crippen LogP contribution in [-0.4, -0.2) is 61.5 Å². The number of carbonyl (C=O) groups is 1. The van der Waals surface area contributed by atoms with E-state index < -0.39 is 16.1 Å². The largest absolute Gasteiger partial charge is 0.341 e. The molecule has 128 valence electrons. The summed E-state index contributed by atoms with van der Waals surface area (Å²) in [6.07, 6.45) is 4.79. The van der Waals surface area contributed by atoms with Gasteiger partial charge in [-0.3, -0.25) is 4.79 Å². The summed E-state index contributed by atoms with van der Waals surface area (Å²) in [6, 6.07) is -0.476. The monoisotopic (exact) mass is 331 g/mol. The lowest BCUT2D eigenvalue weighted by Gasteiger charge is -2.35. The van der Waals surface area contributed by atoms with E-state index in [2.05, 4.69) is 0 Å². The summed E-state index contributed by atoms with van der Waals surface area (Å²) in [7, 11) is -3.30. The van der Waals surface area contributed by atoms with Crippen LogP contribution in [0.1, 0.15) is 45.4 Å². The standard InChI is InChI=1S/C15H29N3O3S/c1-2-3-11-22(20,21)18-8-4-5-14(18)15(19)17-9-6-13(12-16)7-10-17/h13-14H,2-12,16H2,1H3. The molecule has 2 aliphatic heterocycles. The van der Waals surface area contributed by atoms with E-state index in [1.165, 1.54) is 4.31 Å². The van der Waals surface area contributed by atoms with Crippen molar-refractivity contribution in [3.8, 4) is 0 Å². The van der Waals surface area contributed by atoms with Crippen molar-refractivity contribution in [3.63, 3.8) is 0 Å². The number of piperidine rings is 1. The average Bonchev–Trinajstić information content (AvgIpc) is 3.03. The van der Waals surface area contributed by atoms with Gasteiger partial charge in [0, 0.05) is 19.6 Å². The number of sulfonamides is 1. The number of hydrogen-bond donors (Lipinski definition) is 1. The Kier molecular flexibility index (Phi) is 6.23. The van der Waals surface area contributed by atoms with Crippen LogP contribution in [-0.2, 0) is 14.8 Å². The molecule has 0 aliphatic carbocycles. The van der Waals surface area contributed by atoms with Gasteiger partial charge < -0.3 is 10.6 Å². The molecule has 0 aromatic heterocycles. The minimum atomic E-state index is -3.30. The van der Waals surface area contributed by atoms with E-state index in [0.29, 0.717) is 44.9 Å². The third kappa shape index (κ3) is 4.00. The molecule has 2 fully saturated rings. The Balaban J connectivity index is 1.99. The van der Waals surface area contributed by atoms with Crippen molar-refractivity contribution >= 4 is 15.9 Å². The molecule has 2 aliphatic rings. The number of rotatable bonds is 6. The van der Waals surface area contributed by atoms with Gasteiger partial charge in [0.15, 0.2) is 0 Å². The first-order valence-electron chi connectivity index (χ1n) is 8.48. The fourth-order valence-electron chi connectivity index (χ4n) is 3.36. The van der Waals surface area contributed by atoms with E-state index in [1.807, 2.05) is 11.8 Å². The number of carbonyl (C=O) groups excluding carboxylic acids is 1. The molecule has 0 bridgehead atoms. The molecule has 0 radical (unpaired) electrons. The molecule has 0 aromatic rings. The Bertz CT molecular complexity index is 472. The lowest BCUT2D eigenvalue weighted by molar-refractivity contribution is -0.136. The smallest absolute Gasteiger partial charge is 0.241 e. The van der Waals surface area contributed by atoms with E-state index >= 15 is 0 Å². The molecule has 2 N–H and O–H groups in total. The van der Waals surface area contributed by atoms with Crippen molar-refractivity contribution in [2.75, 3.05) is 31.9 Å². The molecule has 2 rings (SSSR count). The fourth-order valence-corrected chi connectivity index (χ4v) is 5.24. The van der Waals surface area contributed by atoms with Gasteiger partial charge >= 0.3 is 0 Å². The predicted molar refractivity (Wildman–Crippen MR) is 86.8 cm³/mol. The number of hydrogen-bond acceptors (Lipinski definition) is 4. The van der Waals surface area contributed by atoms with E-state index in [1.54, 1.807) is 0 Å². The van der Waals surface area contributed by atoms with Gasteiger partial charge in [0.2, 0.25) is 15.9 Å². The predicted octanol–water partition coefficient (Wildman–Crippen LogP) is 0.778. The highest BCUT2D eigenvalue weighted by Gasteiger charge is 2.40. The molecule has 22 heavy (non-hydrogen) atoms. The van der Waals surface area contributed by atoms with Crippen molar-refractivity contribution < 1.29 is 13.2 Å². The fraction of sp³-hybridized carbons (Fsp3) is 0.933. The topological polar surface area (TPSA) is 83.7 Å². The second kappa shape index (κ2) is 7.75. The van der Waals surface area contributed by atoms with Gasteiger partial charge in [-0.1, -0.05) is 13.3 Å². The maximum Gasteiger partial charge on any atom is 0.241 e. The lowest BCUT2D eigenvalue weighted by Crippen LogP contribution is -2.50. The lowest BCUT2D eigenvalue weighted by atomic mass is 9.96. The minimum absolute atomic E-state index is 0.00644. The molecule has 0 saturated carbocycles. The second-order valence-electron chi connectivity index (χ2n) is 6.44. The number of unbranched alkanes of at least 4 members (excludes halogenated alkanes) is 1. The molecule has 6 nitrogen and oxygen atoms in total. The zero-order valence-electron chi connectivity index (χ0n) is 13.5. The van der Waals surface area contributed by atoms with Gasteiger partial charge in [-0.15, -0.1) is 0 Å². The Morgan fingerprint density at radius 2 is 1.86 bits per heavy atom. The normalized spacial score (nSPS) is 24.8. The molecule has 2 saturated heterocycles. The Labute approximate surface area is 134 Å². The summed E-state index contributed by atoms with van der Waals surface area (Å²) in [5.41, 5.74) is 5.68. The van der Waals surface area contributed by atoms with Gasteiger partial charge in [0.25, 0.3) is 0 Å². The van der Waals surface area contributed by atoms with Crippen LogP contribution in [0.25, 0.3) is 0 Å². The molecule has 7 heteroatoms. The summed E-state index contributed by atoms with van der Waals surface area (Å²) < 4.78 is 26.3. The van der Waals surface area contributed by atoms with Crippen molar-refractivity contribution in [2.45, 2.75) is 51.5 Å². The molecule has 2 heterocycles. The third-order valence-electron chi connectivity index (χ3n) is 4.86.